The Morgan fingerprint density at radius 2 is 2.00 bits per heavy atom. The Balaban J connectivity index is 0.00000192. The van der Waals surface area contributed by atoms with Crippen LogP contribution in [-0.2, 0) is 32.7 Å². The zero-order valence-electron chi connectivity index (χ0n) is 12.5. The first-order valence-corrected chi connectivity index (χ1v) is 6.92. The van der Waals surface area contributed by atoms with Crippen LogP contribution in [0.2, 0.25) is 5.02 Å². The molecule has 2 aromatic carbocycles. The van der Waals surface area contributed by atoms with E-state index in [1.807, 2.05) is 26.0 Å². The predicted molar refractivity (Wildman–Crippen MR) is 82.5 cm³/mol. The van der Waals surface area contributed by atoms with Gasteiger partial charge < -0.3 is 9.52 Å². The van der Waals surface area contributed by atoms with E-state index >= 15 is 0 Å². The minimum Gasteiger partial charge on any atom is -0.565 e. The van der Waals surface area contributed by atoms with Crippen LogP contribution in [0, 0.1) is 19.9 Å². The maximum atomic E-state index is 12.0. The number of benzene rings is 2. The summed E-state index contributed by atoms with van der Waals surface area (Å²) in [5.41, 5.74) is 2.98. The zero-order valence-corrected chi connectivity index (χ0v) is 16.1. The van der Waals surface area contributed by atoms with Crippen LogP contribution in [-0.4, -0.2) is 14.9 Å². The van der Waals surface area contributed by atoms with Gasteiger partial charge in [-0.15, -0.1) is 28.8 Å². The molecule has 0 saturated carbocycles. The molecule has 112 valence electrons. The van der Waals surface area contributed by atoms with Crippen LogP contribution in [0.5, 0.6) is 5.75 Å². The van der Waals surface area contributed by atoms with Crippen molar-refractivity contribution in [2.75, 3.05) is 0 Å². The summed E-state index contributed by atoms with van der Waals surface area (Å²) in [5.74, 6) is -0.754. The van der Waals surface area contributed by atoms with E-state index in [1.165, 1.54) is 12.1 Å². The van der Waals surface area contributed by atoms with Gasteiger partial charge in [-0.3, -0.25) is 0 Å². The molecule has 0 atom stereocenters. The van der Waals surface area contributed by atoms with Gasteiger partial charge in [-0.05, 0) is 42.7 Å². The van der Waals surface area contributed by atoms with Crippen molar-refractivity contribution < 1.29 is 42.2 Å². The molecule has 0 aliphatic heterocycles. The normalized spacial score (nSPS) is 10.4. The van der Waals surface area contributed by atoms with Gasteiger partial charge >= 0.3 is 38.5 Å². The molecule has 0 bridgehead atoms. The first kappa shape index (κ1) is 17.9. The summed E-state index contributed by atoms with van der Waals surface area (Å²) in [4.78, 5) is 12.0. The minimum atomic E-state index is -0.637. The monoisotopic (exact) mass is 404 g/mol. The minimum absolute atomic E-state index is 0. The predicted octanol–water partition coefficient (Wildman–Crippen LogP) is 3.27. The van der Waals surface area contributed by atoms with Crippen molar-refractivity contribution in [3.63, 3.8) is 0 Å². The number of aryl methyl sites for hydroxylation is 2. The molecule has 0 saturated heterocycles. The molecule has 3 rings (SSSR count). The van der Waals surface area contributed by atoms with Crippen molar-refractivity contribution in [3.05, 3.63) is 63.1 Å². The topological polar surface area (TPSA) is 68.3 Å². The van der Waals surface area contributed by atoms with Crippen molar-refractivity contribution in [2.45, 2.75) is 13.8 Å². The third-order valence-corrected chi connectivity index (χ3v) is 3.63. The summed E-state index contributed by atoms with van der Waals surface area (Å²) in [7, 11) is 0. The van der Waals surface area contributed by atoms with Crippen molar-refractivity contribution >= 4 is 11.6 Å². The maximum Gasteiger partial charge on any atom is 3.00 e. The number of aromatic nitrogens is 2. The number of hydrogen-bond donors (Lipinski definition) is 1. The van der Waals surface area contributed by atoms with Crippen molar-refractivity contribution in [2.24, 2.45) is 0 Å². The summed E-state index contributed by atoms with van der Waals surface area (Å²) in [6.45, 7) is 3.93. The number of phenolic OH excluding ortho intramolecular Hbond substituents is 1. The first-order valence-electron chi connectivity index (χ1n) is 6.54. The fourth-order valence-electron chi connectivity index (χ4n) is 2.04. The Hall–Kier alpha value is -1.43. The van der Waals surface area contributed by atoms with Gasteiger partial charge in [0.25, 0.3) is 0 Å². The van der Waals surface area contributed by atoms with Gasteiger partial charge in [0.15, 0.2) is 0 Å². The molecule has 5 nitrogen and oxygen atoms in total. The summed E-state index contributed by atoms with van der Waals surface area (Å²) in [6, 6.07) is 10.9. The molecule has 0 spiro atoms. The third-order valence-electron chi connectivity index (χ3n) is 3.41. The Morgan fingerprint density at radius 3 is 2.70 bits per heavy atom. The van der Waals surface area contributed by atoms with Crippen molar-refractivity contribution in [1.29, 1.82) is 0 Å². The fraction of sp³-hybridized carbons (Fsp3) is 0.125. The van der Waals surface area contributed by atoms with Crippen molar-refractivity contribution in [3.8, 4) is 22.9 Å². The molecule has 7 heteroatoms. The van der Waals surface area contributed by atoms with Gasteiger partial charge in [0.2, 0.25) is 5.89 Å². The van der Waals surface area contributed by atoms with E-state index < -0.39 is 5.76 Å². The van der Waals surface area contributed by atoms with E-state index in [2.05, 4.69) is 11.2 Å². The first-order chi connectivity index (χ1) is 10.5. The molecule has 0 aliphatic carbocycles. The maximum absolute atomic E-state index is 12.0. The van der Waals surface area contributed by atoms with Crippen LogP contribution < -0.4 is 5.76 Å². The summed E-state index contributed by atoms with van der Waals surface area (Å²) < 4.78 is 6.27. The van der Waals surface area contributed by atoms with Gasteiger partial charge in [0.1, 0.15) is 0 Å². The van der Waals surface area contributed by atoms with Gasteiger partial charge in [-0.25, -0.2) is 4.79 Å². The standard InChI is InChI=1S/C16H12ClN2O3.Y/c1-9-3-5-12(7-10(9)2)19-16(21)22-15(18-19)13-8-11(17)4-6-14(13)20;/h3,5-8,20H,1-2H3;/q-1;+3. The number of nitrogens with zero attached hydrogens (tertiary/aromatic N) is 2. The SMILES string of the molecule is Cc1ccc(-n2nc(-c3cc(Cl)[c-]cc3O)oc2=O)cc1C.[Y+3]. The third kappa shape index (κ3) is 3.57. The molecule has 3 aromatic rings. The van der Waals surface area contributed by atoms with E-state index in [4.69, 9.17) is 16.0 Å². The van der Waals surface area contributed by atoms with Gasteiger partial charge in [0.05, 0.1) is 5.69 Å². The Morgan fingerprint density at radius 1 is 1.26 bits per heavy atom. The molecule has 1 N–H and O–H groups in total. The van der Waals surface area contributed by atoms with E-state index in [9.17, 15) is 9.90 Å². The smallest absolute Gasteiger partial charge is 0.565 e. The van der Waals surface area contributed by atoms with Crippen LogP contribution in [0.3, 0.4) is 0 Å². The summed E-state index contributed by atoms with van der Waals surface area (Å²) >= 11 is 5.85. The second kappa shape index (κ2) is 6.99. The molecular formula is C16H12ClN2O3Y+2. The molecule has 0 aliphatic rings. The summed E-state index contributed by atoms with van der Waals surface area (Å²) in [6.07, 6.45) is 0. The van der Waals surface area contributed by atoms with Crippen LogP contribution in [0.4, 0.5) is 0 Å². The second-order valence-corrected chi connectivity index (χ2v) is 5.34. The molecule has 1 heterocycles. The van der Waals surface area contributed by atoms with Gasteiger partial charge in [-0.1, -0.05) is 11.1 Å². The molecule has 0 unspecified atom stereocenters. The number of rotatable bonds is 2. The van der Waals surface area contributed by atoms with E-state index in [1.54, 1.807) is 6.07 Å². The Bertz CT molecular complexity index is 918. The van der Waals surface area contributed by atoms with Gasteiger partial charge in [-0.2, -0.15) is 10.7 Å². The Labute approximate surface area is 162 Å². The largest absolute Gasteiger partial charge is 3.00 e. The zero-order chi connectivity index (χ0) is 15.9. The van der Waals surface area contributed by atoms with Crippen molar-refractivity contribution in [1.82, 2.24) is 9.78 Å². The van der Waals surface area contributed by atoms with E-state index in [0.29, 0.717) is 5.69 Å². The average molecular weight is 405 g/mol. The fourth-order valence-corrected chi connectivity index (χ4v) is 2.20. The van der Waals surface area contributed by atoms with Crippen LogP contribution in [0.25, 0.3) is 17.1 Å². The molecular weight excluding hydrogens is 393 g/mol. The number of aromatic hydroxyl groups is 1. The molecule has 0 radical (unpaired) electrons. The van der Waals surface area contributed by atoms with E-state index in [0.717, 1.165) is 15.8 Å². The Kier molecular flexibility index (Phi) is 5.45. The molecule has 23 heavy (non-hydrogen) atoms. The summed E-state index contributed by atoms with van der Waals surface area (Å²) in [5, 5.41) is 14.3. The second-order valence-electron chi connectivity index (χ2n) is 4.93. The van der Waals surface area contributed by atoms with Crippen LogP contribution >= 0.6 is 11.6 Å². The van der Waals surface area contributed by atoms with Crippen LogP contribution in [0.1, 0.15) is 11.1 Å². The quantitative estimate of drug-likeness (QED) is 0.666. The number of halogens is 1. The average Bonchev–Trinajstić information content (AvgIpc) is 2.86. The molecule has 0 fully saturated rings. The van der Waals surface area contributed by atoms with Crippen LogP contribution in [0.15, 0.2) is 39.5 Å². The molecule has 0 amide bonds. The van der Waals surface area contributed by atoms with E-state index in [-0.39, 0.29) is 54.9 Å². The number of hydrogen-bond acceptors (Lipinski definition) is 4. The molecule has 1 aromatic heterocycles. The van der Waals surface area contributed by atoms with Gasteiger partial charge in [0, 0.05) is 5.75 Å². The number of phenols is 1.